The standard InChI is InChI=1S/C12H21N3O5S/c1-8-11(9(2)15(13-8)7-10(17)18)21(19,20)14-12(3,4)5-6-16/h14,16H,5-7H2,1-4H3,(H,17,18). The predicted octanol–water partition coefficient (Wildman–Crippen LogP) is 0.0238. The zero-order chi connectivity index (χ0) is 16.4. The fourth-order valence-electron chi connectivity index (χ4n) is 2.10. The molecule has 0 bridgehead atoms. The van der Waals surface area contributed by atoms with E-state index in [4.69, 9.17) is 10.2 Å². The number of aliphatic hydroxyl groups is 1. The van der Waals surface area contributed by atoms with Gasteiger partial charge in [0.25, 0.3) is 0 Å². The van der Waals surface area contributed by atoms with Crippen LogP contribution in [-0.4, -0.2) is 46.5 Å². The highest BCUT2D eigenvalue weighted by molar-refractivity contribution is 7.89. The fraction of sp³-hybridized carbons (Fsp3) is 0.667. The summed E-state index contributed by atoms with van der Waals surface area (Å²) in [7, 11) is -3.85. The molecule has 0 aliphatic rings. The number of carboxylic acid groups (broad SMARTS) is 1. The van der Waals surface area contributed by atoms with E-state index in [2.05, 4.69) is 9.82 Å². The predicted molar refractivity (Wildman–Crippen MR) is 75.4 cm³/mol. The number of nitrogens with zero attached hydrogens (tertiary/aromatic N) is 2. The highest BCUT2D eigenvalue weighted by atomic mass is 32.2. The zero-order valence-corrected chi connectivity index (χ0v) is 13.4. The lowest BCUT2D eigenvalue weighted by molar-refractivity contribution is -0.137. The van der Waals surface area contributed by atoms with Crippen molar-refractivity contribution in [2.75, 3.05) is 6.61 Å². The van der Waals surface area contributed by atoms with Crippen molar-refractivity contribution in [2.24, 2.45) is 0 Å². The van der Waals surface area contributed by atoms with Crippen molar-refractivity contribution in [3.63, 3.8) is 0 Å². The van der Waals surface area contributed by atoms with Gasteiger partial charge in [-0.3, -0.25) is 9.48 Å². The van der Waals surface area contributed by atoms with Gasteiger partial charge in [0, 0.05) is 12.1 Å². The maximum absolute atomic E-state index is 12.5. The average Bonchev–Trinajstić information content (AvgIpc) is 2.51. The van der Waals surface area contributed by atoms with E-state index in [1.807, 2.05) is 0 Å². The van der Waals surface area contributed by atoms with Crippen LogP contribution < -0.4 is 4.72 Å². The van der Waals surface area contributed by atoms with Gasteiger partial charge in [-0.25, -0.2) is 13.1 Å². The second kappa shape index (κ2) is 6.12. The molecule has 0 fully saturated rings. The van der Waals surface area contributed by atoms with E-state index in [-0.39, 0.29) is 29.3 Å². The molecule has 1 aromatic heterocycles. The van der Waals surface area contributed by atoms with Gasteiger partial charge in [0.1, 0.15) is 11.4 Å². The van der Waals surface area contributed by atoms with Gasteiger partial charge in [-0.05, 0) is 34.1 Å². The van der Waals surface area contributed by atoms with Gasteiger partial charge in [0.15, 0.2) is 0 Å². The summed E-state index contributed by atoms with van der Waals surface area (Å²) in [5.41, 5.74) is -0.315. The van der Waals surface area contributed by atoms with E-state index in [1.54, 1.807) is 13.8 Å². The Hall–Kier alpha value is -1.45. The summed E-state index contributed by atoms with van der Waals surface area (Å²) in [6.45, 7) is 5.80. The minimum atomic E-state index is -3.85. The average molecular weight is 319 g/mol. The first kappa shape index (κ1) is 17.6. The summed E-state index contributed by atoms with van der Waals surface area (Å²) >= 11 is 0. The van der Waals surface area contributed by atoms with Crippen LogP contribution in [0, 0.1) is 13.8 Å². The molecule has 0 aliphatic carbocycles. The number of carbonyl (C=O) groups is 1. The molecule has 0 unspecified atom stereocenters. The number of carboxylic acids is 1. The molecule has 0 saturated heterocycles. The summed E-state index contributed by atoms with van der Waals surface area (Å²) in [6, 6.07) is 0. The number of aromatic nitrogens is 2. The van der Waals surface area contributed by atoms with Gasteiger partial charge >= 0.3 is 5.97 Å². The summed E-state index contributed by atoms with van der Waals surface area (Å²) in [5, 5.41) is 21.7. The third-order valence-corrected chi connectivity index (χ3v) is 4.97. The van der Waals surface area contributed by atoms with E-state index in [0.717, 1.165) is 4.68 Å². The summed E-state index contributed by atoms with van der Waals surface area (Å²) < 4.78 is 28.6. The van der Waals surface area contributed by atoms with Crippen LogP contribution in [0.2, 0.25) is 0 Å². The van der Waals surface area contributed by atoms with Crippen LogP contribution in [0.4, 0.5) is 0 Å². The number of aliphatic hydroxyl groups excluding tert-OH is 1. The highest BCUT2D eigenvalue weighted by Gasteiger charge is 2.30. The van der Waals surface area contributed by atoms with Crippen molar-refractivity contribution >= 4 is 16.0 Å². The van der Waals surface area contributed by atoms with Crippen molar-refractivity contribution in [2.45, 2.75) is 51.1 Å². The highest BCUT2D eigenvalue weighted by Crippen LogP contribution is 2.22. The first-order valence-corrected chi connectivity index (χ1v) is 7.89. The van der Waals surface area contributed by atoms with Crippen molar-refractivity contribution < 1.29 is 23.4 Å². The minimum absolute atomic E-state index is 0.0187. The molecular formula is C12H21N3O5S. The monoisotopic (exact) mass is 319 g/mol. The summed E-state index contributed by atoms with van der Waals surface area (Å²) in [6.07, 6.45) is 0.258. The number of hydrogen-bond acceptors (Lipinski definition) is 5. The number of aliphatic carboxylic acids is 1. The third kappa shape index (κ3) is 4.26. The van der Waals surface area contributed by atoms with Crippen LogP contribution in [0.25, 0.3) is 0 Å². The Morgan fingerprint density at radius 1 is 1.38 bits per heavy atom. The Kier molecular flexibility index (Phi) is 5.13. The second-order valence-corrected chi connectivity index (χ2v) is 7.13. The molecule has 0 saturated carbocycles. The SMILES string of the molecule is Cc1nn(CC(=O)O)c(C)c1S(=O)(=O)NC(C)(C)CCO. The first-order chi connectivity index (χ1) is 9.50. The molecule has 3 N–H and O–H groups in total. The molecule has 0 radical (unpaired) electrons. The largest absolute Gasteiger partial charge is 0.480 e. The molecule has 0 amide bonds. The normalized spacial score (nSPS) is 12.6. The lowest BCUT2D eigenvalue weighted by Gasteiger charge is -2.25. The molecule has 1 rings (SSSR count). The van der Waals surface area contributed by atoms with Crippen molar-refractivity contribution in [1.29, 1.82) is 0 Å². The molecule has 0 aliphatic heterocycles. The quantitative estimate of drug-likeness (QED) is 0.651. The van der Waals surface area contributed by atoms with Crippen LogP contribution in [0.15, 0.2) is 4.90 Å². The van der Waals surface area contributed by atoms with E-state index >= 15 is 0 Å². The zero-order valence-electron chi connectivity index (χ0n) is 12.5. The number of hydrogen-bond donors (Lipinski definition) is 3. The lowest BCUT2D eigenvalue weighted by atomic mass is 10.0. The molecule has 1 heterocycles. The number of rotatable bonds is 7. The van der Waals surface area contributed by atoms with Crippen molar-refractivity contribution in [1.82, 2.24) is 14.5 Å². The van der Waals surface area contributed by atoms with Crippen LogP contribution >= 0.6 is 0 Å². The van der Waals surface area contributed by atoms with E-state index in [1.165, 1.54) is 13.8 Å². The third-order valence-electron chi connectivity index (χ3n) is 3.02. The summed E-state index contributed by atoms with van der Waals surface area (Å²) in [5.74, 6) is -1.10. The summed E-state index contributed by atoms with van der Waals surface area (Å²) in [4.78, 5) is 10.7. The van der Waals surface area contributed by atoms with Crippen LogP contribution in [0.3, 0.4) is 0 Å². The first-order valence-electron chi connectivity index (χ1n) is 6.41. The molecular weight excluding hydrogens is 298 g/mol. The number of sulfonamides is 1. The Balaban J connectivity index is 3.20. The molecule has 0 atom stereocenters. The topological polar surface area (TPSA) is 122 Å². The van der Waals surface area contributed by atoms with Crippen LogP contribution in [0.1, 0.15) is 31.7 Å². The molecule has 120 valence electrons. The fourth-order valence-corrected chi connectivity index (χ4v) is 3.95. The molecule has 21 heavy (non-hydrogen) atoms. The van der Waals surface area contributed by atoms with E-state index < -0.39 is 28.1 Å². The van der Waals surface area contributed by atoms with Gasteiger partial charge in [0.05, 0.1) is 11.4 Å². The van der Waals surface area contributed by atoms with Gasteiger partial charge in [0.2, 0.25) is 10.0 Å². The van der Waals surface area contributed by atoms with Crippen molar-refractivity contribution in [3.05, 3.63) is 11.4 Å². The van der Waals surface area contributed by atoms with E-state index in [0.29, 0.717) is 0 Å². The van der Waals surface area contributed by atoms with Gasteiger partial charge in [-0.2, -0.15) is 5.10 Å². The number of aryl methyl sites for hydroxylation is 1. The Labute approximate surface area is 123 Å². The molecule has 0 aromatic carbocycles. The van der Waals surface area contributed by atoms with Crippen molar-refractivity contribution in [3.8, 4) is 0 Å². The molecule has 1 aromatic rings. The van der Waals surface area contributed by atoms with Crippen LogP contribution in [0.5, 0.6) is 0 Å². The second-order valence-electron chi connectivity index (χ2n) is 5.51. The smallest absolute Gasteiger partial charge is 0.325 e. The van der Waals surface area contributed by atoms with Gasteiger partial charge in [-0.1, -0.05) is 0 Å². The van der Waals surface area contributed by atoms with Crippen LogP contribution in [-0.2, 0) is 21.4 Å². The Morgan fingerprint density at radius 3 is 2.43 bits per heavy atom. The van der Waals surface area contributed by atoms with Gasteiger partial charge in [-0.15, -0.1) is 0 Å². The maximum Gasteiger partial charge on any atom is 0.325 e. The Bertz CT molecular complexity index is 634. The molecule has 8 nitrogen and oxygen atoms in total. The lowest BCUT2D eigenvalue weighted by Crippen LogP contribution is -2.44. The number of nitrogens with one attached hydrogen (secondary N) is 1. The van der Waals surface area contributed by atoms with Gasteiger partial charge < -0.3 is 10.2 Å². The Morgan fingerprint density at radius 2 is 1.95 bits per heavy atom. The molecule has 0 spiro atoms. The van der Waals surface area contributed by atoms with E-state index in [9.17, 15) is 13.2 Å². The molecule has 9 heteroatoms. The maximum atomic E-state index is 12.5. The minimum Gasteiger partial charge on any atom is -0.480 e.